The number of hydrogen-bond acceptors (Lipinski definition) is 2. The fourth-order valence-electron chi connectivity index (χ4n) is 1.23. The first-order valence-electron chi connectivity index (χ1n) is 5.43. The molecule has 104 valence electrons. The molecule has 0 saturated heterocycles. The molecule has 0 aliphatic carbocycles. The third-order valence-electron chi connectivity index (χ3n) is 2.27. The summed E-state index contributed by atoms with van der Waals surface area (Å²) in [6.45, 7) is 2.78. The molecule has 1 N–H and O–H groups in total. The molecular weight excluding hydrogens is 247 g/mol. The van der Waals surface area contributed by atoms with Crippen molar-refractivity contribution in [3.63, 3.8) is 0 Å². The second-order valence-electron chi connectivity index (χ2n) is 3.68. The highest BCUT2D eigenvalue weighted by Gasteiger charge is 2.61. The van der Waals surface area contributed by atoms with Gasteiger partial charge in [0.25, 0.3) is 0 Å². The molecule has 0 unspecified atom stereocenters. The van der Waals surface area contributed by atoms with Crippen LogP contribution in [0.4, 0.5) is 22.0 Å². The molecule has 1 atom stereocenters. The van der Waals surface area contributed by atoms with Crippen LogP contribution in [-0.4, -0.2) is 36.5 Å². The molecule has 0 aliphatic rings. The standard InChI is InChI=1S/C10H17F5O2/c1-2-17-7-5-3-4-6-8(16)9(11,12)10(13,14)15/h8,16H,2-7H2,1H3/t8-/m0/s1. The Morgan fingerprint density at radius 1 is 1.06 bits per heavy atom. The van der Waals surface area contributed by atoms with Crippen LogP contribution < -0.4 is 0 Å². The maximum Gasteiger partial charge on any atom is 0.456 e. The topological polar surface area (TPSA) is 29.5 Å². The molecule has 0 fully saturated rings. The molecule has 0 amide bonds. The number of hydrogen-bond donors (Lipinski definition) is 1. The van der Waals surface area contributed by atoms with E-state index < -0.39 is 24.6 Å². The van der Waals surface area contributed by atoms with E-state index in [0.717, 1.165) is 0 Å². The van der Waals surface area contributed by atoms with Crippen LogP contribution in [0.3, 0.4) is 0 Å². The monoisotopic (exact) mass is 264 g/mol. The second-order valence-corrected chi connectivity index (χ2v) is 3.68. The summed E-state index contributed by atoms with van der Waals surface area (Å²) in [6.07, 6.45) is -7.80. The van der Waals surface area contributed by atoms with E-state index in [4.69, 9.17) is 9.84 Å². The SMILES string of the molecule is CCOCCCCC[C@H](O)C(F)(F)C(F)(F)F. The van der Waals surface area contributed by atoms with Gasteiger partial charge < -0.3 is 9.84 Å². The lowest BCUT2D eigenvalue weighted by Gasteiger charge is -2.24. The zero-order valence-corrected chi connectivity index (χ0v) is 9.57. The van der Waals surface area contributed by atoms with Crippen LogP contribution in [0, 0.1) is 0 Å². The first kappa shape index (κ1) is 16.6. The normalized spacial score (nSPS) is 15.0. The van der Waals surface area contributed by atoms with Gasteiger partial charge in [-0.15, -0.1) is 0 Å². The van der Waals surface area contributed by atoms with Gasteiger partial charge in [0.05, 0.1) is 0 Å². The largest absolute Gasteiger partial charge is 0.456 e. The van der Waals surface area contributed by atoms with Crippen LogP contribution in [0.5, 0.6) is 0 Å². The van der Waals surface area contributed by atoms with Gasteiger partial charge in [-0.25, -0.2) is 0 Å². The lowest BCUT2D eigenvalue weighted by Crippen LogP contribution is -2.46. The van der Waals surface area contributed by atoms with Gasteiger partial charge in [0, 0.05) is 13.2 Å². The molecule has 0 aromatic carbocycles. The minimum absolute atomic E-state index is 0.111. The summed E-state index contributed by atoms with van der Waals surface area (Å²) in [7, 11) is 0. The van der Waals surface area contributed by atoms with Crippen LogP contribution in [0.2, 0.25) is 0 Å². The number of aliphatic hydroxyl groups is 1. The van der Waals surface area contributed by atoms with Crippen LogP contribution in [0.15, 0.2) is 0 Å². The summed E-state index contributed by atoms with van der Waals surface area (Å²) < 4.78 is 65.6. The summed E-state index contributed by atoms with van der Waals surface area (Å²) in [5.41, 5.74) is 0. The van der Waals surface area contributed by atoms with E-state index in [-0.39, 0.29) is 6.42 Å². The van der Waals surface area contributed by atoms with Crippen molar-refractivity contribution < 1.29 is 31.8 Å². The summed E-state index contributed by atoms with van der Waals surface area (Å²) in [4.78, 5) is 0. The number of alkyl halides is 5. The maximum absolute atomic E-state index is 12.6. The molecule has 0 radical (unpaired) electrons. The Bertz CT molecular complexity index is 205. The number of rotatable bonds is 8. The zero-order chi connectivity index (χ0) is 13.5. The smallest absolute Gasteiger partial charge is 0.386 e. The van der Waals surface area contributed by atoms with E-state index in [2.05, 4.69) is 0 Å². The lowest BCUT2D eigenvalue weighted by molar-refractivity contribution is -0.313. The van der Waals surface area contributed by atoms with Crippen LogP contribution in [0.1, 0.15) is 32.6 Å². The van der Waals surface area contributed by atoms with Crippen molar-refractivity contribution in [1.82, 2.24) is 0 Å². The van der Waals surface area contributed by atoms with Crippen molar-refractivity contribution in [3.8, 4) is 0 Å². The molecule has 0 bridgehead atoms. The Morgan fingerprint density at radius 2 is 1.65 bits per heavy atom. The number of unbranched alkanes of at least 4 members (excludes halogenated alkanes) is 2. The first-order valence-corrected chi connectivity index (χ1v) is 5.43. The van der Waals surface area contributed by atoms with Crippen LogP contribution in [-0.2, 0) is 4.74 Å². The fraction of sp³-hybridized carbons (Fsp3) is 1.00. The van der Waals surface area contributed by atoms with Gasteiger partial charge in [-0.3, -0.25) is 0 Å². The molecule has 17 heavy (non-hydrogen) atoms. The first-order chi connectivity index (χ1) is 7.73. The lowest BCUT2D eigenvalue weighted by atomic mass is 10.0. The highest BCUT2D eigenvalue weighted by Crippen LogP contribution is 2.39. The van der Waals surface area contributed by atoms with Gasteiger partial charge in [-0.1, -0.05) is 12.8 Å². The third kappa shape index (κ3) is 5.63. The molecule has 0 aromatic rings. The maximum atomic E-state index is 12.6. The van der Waals surface area contributed by atoms with E-state index in [9.17, 15) is 22.0 Å². The molecule has 0 saturated carbocycles. The van der Waals surface area contributed by atoms with E-state index >= 15 is 0 Å². The van der Waals surface area contributed by atoms with Gasteiger partial charge >= 0.3 is 12.1 Å². The molecular formula is C10H17F5O2. The van der Waals surface area contributed by atoms with Crippen molar-refractivity contribution in [2.45, 2.75) is 50.8 Å². The highest BCUT2D eigenvalue weighted by molar-refractivity contribution is 4.83. The fourth-order valence-corrected chi connectivity index (χ4v) is 1.23. The Kier molecular flexibility index (Phi) is 6.92. The summed E-state index contributed by atoms with van der Waals surface area (Å²) in [5, 5.41) is 8.81. The average Bonchev–Trinajstić information content (AvgIpc) is 2.21. The van der Waals surface area contributed by atoms with Crippen molar-refractivity contribution in [3.05, 3.63) is 0 Å². The van der Waals surface area contributed by atoms with Crippen LogP contribution in [0.25, 0.3) is 0 Å². The van der Waals surface area contributed by atoms with Crippen molar-refractivity contribution in [2.75, 3.05) is 13.2 Å². The molecule has 2 nitrogen and oxygen atoms in total. The van der Waals surface area contributed by atoms with E-state index in [1.807, 2.05) is 0 Å². The predicted octanol–water partition coefficient (Wildman–Crippen LogP) is 3.14. The molecule has 0 spiro atoms. The Hall–Kier alpha value is -0.430. The number of aliphatic hydroxyl groups excluding tert-OH is 1. The van der Waals surface area contributed by atoms with Gasteiger partial charge in [0.15, 0.2) is 0 Å². The second kappa shape index (κ2) is 7.10. The molecule has 0 heterocycles. The third-order valence-corrected chi connectivity index (χ3v) is 2.27. The van der Waals surface area contributed by atoms with E-state index in [1.165, 1.54) is 0 Å². The predicted molar refractivity (Wildman–Crippen MR) is 52.0 cm³/mol. The van der Waals surface area contributed by atoms with E-state index in [1.54, 1.807) is 6.92 Å². The molecule has 0 rings (SSSR count). The van der Waals surface area contributed by atoms with E-state index in [0.29, 0.717) is 26.1 Å². The van der Waals surface area contributed by atoms with Crippen molar-refractivity contribution in [2.24, 2.45) is 0 Å². The highest BCUT2D eigenvalue weighted by atomic mass is 19.4. The average molecular weight is 264 g/mol. The van der Waals surface area contributed by atoms with Crippen molar-refractivity contribution >= 4 is 0 Å². The summed E-state index contributed by atoms with van der Waals surface area (Å²) in [5.74, 6) is -5.03. The summed E-state index contributed by atoms with van der Waals surface area (Å²) >= 11 is 0. The minimum Gasteiger partial charge on any atom is -0.386 e. The zero-order valence-electron chi connectivity index (χ0n) is 9.57. The Morgan fingerprint density at radius 3 is 2.12 bits per heavy atom. The molecule has 0 aliphatic heterocycles. The minimum atomic E-state index is -5.70. The van der Waals surface area contributed by atoms with Gasteiger partial charge in [-0.2, -0.15) is 22.0 Å². The van der Waals surface area contributed by atoms with Gasteiger partial charge in [0.2, 0.25) is 0 Å². The van der Waals surface area contributed by atoms with Crippen LogP contribution >= 0.6 is 0 Å². The Labute approximate surface area is 96.8 Å². The Balaban J connectivity index is 3.82. The van der Waals surface area contributed by atoms with Gasteiger partial charge in [-0.05, 0) is 19.8 Å². The quantitative estimate of drug-likeness (QED) is 0.539. The number of ether oxygens (including phenoxy) is 1. The van der Waals surface area contributed by atoms with Gasteiger partial charge in [0.1, 0.15) is 6.10 Å². The van der Waals surface area contributed by atoms with Crippen molar-refractivity contribution in [1.29, 1.82) is 0 Å². The molecule has 7 heteroatoms. The number of halogens is 5. The molecule has 0 aromatic heterocycles. The summed E-state index contributed by atoms with van der Waals surface area (Å²) in [6, 6.07) is 0.